The van der Waals surface area contributed by atoms with Gasteiger partial charge >= 0.3 is 5.97 Å². The lowest BCUT2D eigenvalue weighted by Gasteiger charge is -2.14. The lowest BCUT2D eigenvalue weighted by molar-refractivity contribution is -0.123. The number of carbonyl (C=O) groups excluding carboxylic acids is 2. The van der Waals surface area contributed by atoms with Gasteiger partial charge in [-0.25, -0.2) is 4.79 Å². The molecule has 1 aromatic carbocycles. The molecule has 1 N–H and O–H groups in total. The maximum absolute atomic E-state index is 12.1. The predicted octanol–water partition coefficient (Wildman–Crippen LogP) is 2.95. The Kier molecular flexibility index (Phi) is 5.59. The molecule has 6 nitrogen and oxygen atoms in total. The Bertz CT molecular complexity index is 684. The van der Waals surface area contributed by atoms with Gasteiger partial charge in [0, 0.05) is 17.1 Å². The van der Waals surface area contributed by atoms with Crippen molar-refractivity contribution in [1.29, 1.82) is 0 Å². The number of nitrogens with one attached hydrogen (secondary N) is 1. The summed E-state index contributed by atoms with van der Waals surface area (Å²) in [5.41, 5.74) is 0.951. The van der Waals surface area contributed by atoms with Gasteiger partial charge in [-0.05, 0) is 30.5 Å². The number of hydrogen-bond donors (Lipinski definition) is 1. The molecule has 0 spiro atoms. The summed E-state index contributed by atoms with van der Waals surface area (Å²) in [7, 11) is 3.04. The van der Waals surface area contributed by atoms with Gasteiger partial charge in [-0.1, -0.05) is 0 Å². The van der Waals surface area contributed by atoms with Crippen molar-refractivity contribution in [2.75, 3.05) is 19.5 Å². The zero-order chi connectivity index (χ0) is 16.8. The summed E-state index contributed by atoms with van der Waals surface area (Å²) in [4.78, 5) is 23.9. The van der Waals surface area contributed by atoms with E-state index in [0.29, 0.717) is 22.7 Å². The molecule has 0 aliphatic carbocycles. The van der Waals surface area contributed by atoms with E-state index in [1.54, 1.807) is 35.0 Å². The van der Waals surface area contributed by atoms with Gasteiger partial charge in [-0.15, -0.1) is 0 Å². The SMILES string of the molecule is COc1ccc(NC(=O)[C@H](C)OC(=O)c2ccsc2)cc1OC. The third kappa shape index (κ3) is 4.23. The normalized spacial score (nSPS) is 11.4. The summed E-state index contributed by atoms with van der Waals surface area (Å²) in [6, 6.07) is 6.62. The fourth-order valence-electron chi connectivity index (χ4n) is 1.82. The van der Waals surface area contributed by atoms with E-state index < -0.39 is 18.0 Å². The summed E-state index contributed by atoms with van der Waals surface area (Å²) in [5.74, 6) is 0.0951. The van der Waals surface area contributed by atoms with Gasteiger partial charge in [0.25, 0.3) is 5.91 Å². The molecule has 2 aromatic rings. The van der Waals surface area contributed by atoms with Crippen molar-refractivity contribution in [1.82, 2.24) is 0 Å². The topological polar surface area (TPSA) is 73.9 Å². The van der Waals surface area contributed by atoms with Crippen LogP contribution in [0.4, 0.5) is 5.69 Å². The molecule has 0 aliphatic heterocycles. The van der Waals surface area contributed by atoms with Crippen LogP contribution >= 0.6 is 11.3 Å². The molecule has 122 valence electrons. The predicted molar refractivity (Wildman–Crippen MR) is 87.4 cm³/mol. The van der Waals surface area contributed by atoms with Gasteiger partial charge in [-0.2, -0.15) is 11.3 Å². The van der Waals surface area contributed by atoms with Gasteiger partial charge in [0.05, 0.1) is 19.8 Å². The van der Waals surface area contributed by atoms with Crippen molar-refractivity contribution in [3.8, 4) is 11.5 Å². The van der Waals surface area contributed by atoms with Crippen molar-refractivity contribution < 1.29 is 23.8 Å². The number of anilines is 1. The molecule has 0 fully saturated rings. The molecule has 0 bridgehead atoms. The molecular weight excluding hydrogens is 318 g/mol. The minimum Gasteiger partial charge on any atom is -0.493 e. The molecular formula is C16H17NO5S. The van der Waals surface area contributed by atoms with E-state index in [-0.39, 0.29) is 0 Å². The molecule has 0 saturated carbocycles. The van der Waals surface area contributed by atoms with Gasteiger partial charge < -0.3 is 19.5 Å². The lowest BCUT2D eigenvalue weighted by atomic mass is 10.2. The number of amides is 1. The molecule has 0 unspecified atom stereocenters. The van der Waals surface area contributed by atoms with Crippen molar-refractivity contribution >= 4 is 28.9 Å². The average Bonchev–Trinajstić information content (AvgIpc) is 3.09. The first-order valence-electron chi connectivity index (χ1n) is 6.81. The molecule has 1 aromatic heterocycles. The fraction of sp³-hybridized carbons (Fsp3) is 0.250. The van der Waals surface area contributed by atoms with Crippen LogP contribution < -0.4 is 14.8 Å². The maximum Gasteiger partial charge on any atom is 0.339 e. The van der Waals surface area contributed by atoms with Gasteiger partial charge in [0.15, 0.2) is 17.6 Å². The van der Waals surface area contributed by atoms with Gasteiger partial charge in [0.1, 0.15) is 0 Å². The second-order valence-corrected chi connectivity index (χ2v) is 5.40. The van der Waals surface area contributed by atoms with Crippen molar-refractivity contribution in [2.24, 2.45) is 0 Å². The van der Waals surface area contributed by atoms with E-state index in [0.717, 1.165) is 0 Å². The largest absolute Gasteiger partial charge is 0.493 e. The smallest absolute Gasteiger partial charge is 0.339 e. The summed E-state index contributed by atoms with van der Waals surface area (Å²) < 4.78 is 15.4. The van der Waals surface area contributed by atoms with Crippen LogP contribution in [0.25, 0.3) is 0 Å². The number of carbonyl (C=O) groups is 2. The first-order valence-corrected chi connectivity index (χ1v) is 7.75. The zero-order valence-corrected chi connectivity index (χ0v) is 13.8. The molecule has 1 atom stereocenters. The van der Waals surface area contributed by atoms with Crippen LogP contribution in [0.3, 0.4) is 0 Å². The Morgan fingerprint density at radius 3 is 2.48 bits per heavy atom. The summed E-state index contributed by atoms with van der Waals surface area (Å²) in [6.07, 6.45) is -0.921. The van der Waals surface area contributed by atoms with Gasteiger partial charge in [0.2, 0.25) is 0 Å². The van der Waals surface area contributed by atoms with E-state index in [2.05, 4.69) is 5.32 Å². The number of esters is 1. The van der Waals surface area contributed by atoms with Crippen LogP contribution in [0, 0.1) is 0 Å². The quantitative estimate of drug-likeness (QED) is 0.822. The standard InChI is InChI=1S/C16H17NO5S/c1-10(22-16(19)11-6-7-23-9-11)15(18)17-12-4-5-13(20-2)14(8-12)21-3/h4-10H,1-3H3,(H,17,18)/t10-/m0/s1. The highest BCUT2D eigenvalue weighted by Gasteiger charge is 2.19. The minimum atomic E-state index is -0.921. The monoisotopic (exact) mass is 335 g/mol. The molecule has 0 saturated heterocycles. The maximum atomic E-state index is 12.1. The Balaban J connectivity index is 1.99. The number of methoxy groups -OCH3 is 2. The summed E-state index contributed by atoms with van der Waals surface area (Å²) in [6.45, 7) is 1.51. The third-order valence-corrected chi connectivity index (χ3v) is 3.74. The Morgan fingerprint density at radius 2 is 1.87 bits per heavy atom. The van der Waals surface area contributed by atoms with E-state index in [1.165, 1.54) is 32.5 Å². The molecule has 2 rings (SSSR count). The highest BCUT2D eigenvalue weighted by atomic mass is 32.1. The van der Waals surface area contributed by atoms with E-state index in [1.807, 2.05) is 0 Å². The molecule has 7 heteroatoms. The second kappa shape index (κ2) is 7.64. The fourth-order valence-corrected chi connectivity index (χ4v) is 2.45. The first-order chi connectivity index (χ1) is 11.0. The van der Waals surface area contributed by atoms with E-state index in [9.17, 15) is 9.59 Å². The zero-order valence-electron chi connectivity index (χ0n) is 13.0. The Morgan fingerprint density at radius 1 is 1.13 bits per heavy atom. The molecule has 0 radical (unpaired) electrons. The molecule has 0 aliphatic rings. The Labute approximate surface area is 138 Å². The number of ether oxygens (including phenoxy) is 3. The van der Waals surface area contributed by atoms with Crippen LogP contribution in [0.1, 0.15) is 17.3 Å². The van der Waals surface area contributed by atoms with Crippen molar-refractivity contribution in [3.63, 3.8) is 0 Å². The van der Waals surface area contributed by atoms with Crippen LogP contribution in [-0.2, 0) is 9.53 Å². The molecule has 1 heterocycles. The van der Waals surface area contributed by atoms with E-state index >= 15 is 0 Å². The lowest BCUT2D eigenvalue weighted by Crippen LogP contribution is -2.29. The minimum absolute atomic E-state index is 0.430. The van der Waals surface area contributed by atoms with Crippen LogP contribution in [-0.4, -0.2) is 32.2 Å². The van der Waals surface area contributed by atoms with Gasteiger partial charge in [-0.3, -0.25) is 4.79 Å². The van der Waals surface area contributed by atoms with Crippen molar-refractivity contribution in [2.45, 2.75) is 13.0 Å². The second-order valence-electron chi connectivity index (χ2n) is 4.62. The first kappa shape index (κ1) is 16.8. The highest BCUT2D eigenvalue weighted by Crippen LogP contribution is 2.29. The third-order valence-electron chi connectivity index (χ3n) is 3.06. The molecule has 1 amide bonds. The van der Waals surface area contributed by atoms with E-state index in [4.69, 9.17) is 14.2 Å². The van der Waals surface area contributed by atoms with Crippen LogP contribution in [0.5, 0.6) is 11.5 Å². The van der Waals surface area contributed by atoms with Crippen LogP contribution in [0.2, 0.25) is 0 Å². The number of benzene rings is 1. The summed E-state index contributed by atoms with van der Waals surface area (Å²) >= 11 is 1.39. The highest BCUT2D eigenvalue weighted by molar-refractivity contribution is 7.08. The molecule has 23 heavy (non-hydrogen) atoms. The average molecular weight is 335 g/mol. The van der Waals surface area contributed by atoms with Crippen LogP contribution in [0.15, 0.2) is 35.0 Å². The number of rotatable bonds is 6. The number of thiophene rings is 1. The summed E-state index contributed by atoms with van der Waals surface area (Å²) in [5, 5.41) is 6.11. The number of hydrogen-bond acceptors (Lipinski definition) is 6. The van der Waals surface area contributed by atoms with Crippen molar-refractivity contribution in [3.05, 3.63) is 40.6 Å². The Hall–Kier alpha value is -2.54.